The lowest BCUT2D eigenvalue weighted by atomic mass is 9.55. The molecule has 362 valence electrons. The highest BCUT2D eigenvalue weighted by atomic mass is 16.7. The predicted molar refractivity (Wildman–Crippen MR) is 261 cm³/mol. The minimum Gasteiger partial charge on any atom is -0.497 e. The van der Waals surface area contributed by atoms with E-state index in [-0.39, 0.29) is 62.9 Å². The van der Waals surface area contributed by atoms with Crippen LogP contribution in [0.3, 0.4) is 0 Å². The van der Waals surface area contributed by atoms with Crippen molar-refractivity contribution in [2.75, 3.05) is 52.6 Å². The molecule has 6 atom stereocenters. The number of allylic oxidation sites excluding steroid dienone is 1. The number of unbranched alkanes of at least 4 members (excludes halogenated alkanes) is 2. The van der Waals surface area contributed by atoms with Crippen LogP contribution < -0.4 is 24.3 Å². The van der Waals surface area contributed by atoms with Crippen LogP contribution in [0.2, 0.25) is 0 Å². The van der Waals surface area contributed by atoms with Gasteiger partial charge in [-0.25, -0.2) is 9.59 Å². The van der Waals surface area contributed by atoms with E-state index in [2.05, 4.69) is 24.6 Å². The number of nitrogens with zero attached hydrogens (tertiary/aromatic N) is 2. The number of aliphatic hydroxyl groups excluding tert-OH is 2. The number of oxime groups is 1. The van der Waals surface area contributed by atoms with Gasteiger partial charge in [-0.05, 0) is 103 Å². The van der Waals surface area contributed by atoms with Crippen LogP contribution in [-0.4, -0.2) is 92.1 Å². The Labute approximate surface area is 399 Å². The fraction of sp³-hybridized carbons (Fsp3) is 0.426. The van der Waals surface area contributed by atoms with E-state index in [0.717, 1.165) is 53.2 Å². The smallest absolute Gasteiger partial charge is 0.417 e. The average molecular weight is 932 g/mol. The topological polar surface area (TPSA) is 167 Å². The Balaban J connectivity index is 1.42. The molecule has 1 heterocycles. The quantitative estimate of drug-likeness (QED) is 0.0368. The molecule has 68 heavy (non-hydrogen) atoms. The lowest BCUT2D eigenvalue weighted by Gasteiger charge is -2.59. The second-order valence-electron chi connectivity index (χ2n) is 17.2. The monoisotopic (exact) mass is 931 g/mol. The van der Waals surface area contributed by atoms with Crippen molar-refractivity contribution in [1.29, 1.82) is 0 Å². The molecule has 2 aliphatic carbocycles. The van der Waals surface area contributed by atoms with Gasteiger partial charge in [0.25, 0.3) is 0 Å². The first-order valence-electron chi connectivity index (χ1n) is 23.7. The predicted octanol–water partition coefficient (Wildman–Crippen LogP) is 10.3. The average Bonchev–Trinajstić information content (AvgIpc) is 3.35. The van der Waals surface area contributed by atoms with Gasteiger partial charge in [0, 0.05) is 37.2 Å². The van der Waals surface area contributed by atoms with Crippen molar-refractivity contribution in [1.82, 2.24) is 4.90 Å². The van der Waals surface area contributed by atoms with E-state index in [4.69, 9.17) is 38.4 Å². The molecule has 0 radical (unpaired) electrons. The highest BCUT2D eigenvalue weighted by molar-refractivity contribution is 6.03. The van der Waals surface area contributed by atoms with Crippen molar-refractivity contribution in [3.05, 3.63) is 127 Å². The van der Waals surface area contributed by atoms with Crippen LogP contribution in [-0.2, 0) is 20.9 Å². The first-order chi connectivity index (χ1) is 33.2. The largest absolute Gasteiger partial charge is 0.497 e. The van der Waals surface area contributed by atoms with Gasteiger partial charge in [-0.2, -0.15) is 0 Å². The standard InChI is InChI=1S/C54H65N3O11/c1-6-9-30-64-53(61)57(35-38-20-16-19-36-17-10-11-21-41(36)38)49-34-46(56-66-8-3)43-31-37(18-12-14-27-58)42(22-13-15-28-59)50-44-32-40(24-26-47(44)68-54(49,51(43)50)65-29-7-2)67-52(60)55-45-25-23-39(62-4)33-48(45)63-5/h6-7,10-11,16-17,19-21,23-26,31-33,37,42,49-51,58-59H,1-2,8-9,12-15,18,22,27-30,34-35H2,3-5H3,(H,55,60)/t37-,42+,49-,50+,51+,54+/m0/s1. The summed E-state index contributed by atoms with van der Waals surface area (Å²) in [6, 6.07) is 23.7. The minimum atomic E-state index is -1.54. The van der Waals surface area contributed by atoms with Crippen molar-refractivity contribution >= 4 is 34.4 Å². The number of rotatable bonds is 23. The number of nitrogens with one attached hydrogen (secondary N) is 1. The normalized spacial score (nSPS) is 21.9. The summed E-state index contributed by atoms with van der Waals surface area (Å²) in [7, 11) is 3.05. The first kappa shape index (κ1) is 49.6. The number of anilines is 1. The SMILES string of the molecule is C=CCCOC(=O)N(Cc1cccc2ccccc12)[C@H]1CC(=NOCC)C2=C[C@H](CCCCO)[C@@H](CCCCO)[C@@H]3c4cc(OC(=O)Nc5ccc(OC)cc5OC)ccc4O[C@@]1(OCC=C)[C@H]23. The molecule has 0 unspecified atom stereocenters. The Kier molecular flexibility index (Phi) is 17.2. The maximum absolute atomic E-state index is 14.9. The summed E-state index contributed by atoms with van der Waals surface area (Å²) < 4.78 is 37.5. The molecule has 2 amide bonds. The summed E-state index contributed by atoms with van der Waals surface area (Å²) in [5, 5.41) is 29.6. The molecule has 0 bridgehead atoms. The summed E-state index contributed by atoms with van der Waals surface area (Å²) >= 11 is 0. The number of methoxy groups -OCH3 is 2. The van der Waals surface area contributed by atoms with Gasteiger partial charge < -0.3 is 43.5 Å². The van der Waals surface area contributed by atoms with E-state index in [0.29, 0.717) is 54.5 Å². The molecule has 3 aliphatic rings. The van der Waals surface area contributed by atoms with Crippen LogP contribution in [0.1, 0.15) is 75.3 Å². The molecule has 4 aromatic rings. The van der Waals surface area contributed by atoms with Crippen molar-refractivity contribution < 1.29 is 53.1 Å². The van der Waals surface area contributed by atoms with Gasteiger partial charge in [0.15, 0.2) is 0 Å². The maximum Gasteiger partial charge on any atom is 0.417 e. The lowest BCUT2D eigenvalue weighted by molar-refractivity contribution is -0.256. The van der Waals surface area contributed by atoms with E-state index in [1.54, 1.807) is 54.5 Å². The molecule has 1 fully saturated rings. The van der Waals surface area contributed by atoms with Crippen LogP contribution in [0.5, 0.6) is 23.0 Å². The summed E-state index contributed by atoms with van der Waals surface area (Å²) in [5.74, 6) is -0.825. The lowest BCUT2D eigenvalue weighted by Crippen LogP contribution is -2.70. The van der Waals surface area contributed by atoms with Gasteiger partial charge in [-0.15, -0.1) is 13.2 Å². The van der Waals surface area contributed by atoms with Gasteiger partial charge in [0.1, 0.15) is 35.6 Å². The van der Waals surface area contributed by atoms with Gasteiger partial charge >= 0.3 is 12.2 Å². The number of carbonyl (C=O) groups excluding carboxylic acids is 2. The molecule has 14 nitrogen and oxygen atoms in total. The molecular formula is C54H65N3O11. The number of ether oxygens (including phenoxy) is 6. The molecule has 0 spiro atoms. The molecule has 14 heteroatoms. The zero-order valence-corrected chi connectivity index (χ0v) is 39.4. The van der Waals surface area contributed by atoms with Gasteiger partial charge in [0.05, 0.1) is 51.3 Å². The van der Waals surface area contributed by atoms with Crippen LogP contribution in [0.15, 0.2) is 121 Å². The van der Waals surface area contributed by atoms with E-state index in [9.17, 15) is 19.8 Å². The minimum absolute atomic E-state index is 0.00557. The maximum atomic E-state index is 14.9. The molecule has 1 aliphatic heterocycles. The Morgan fingerprint density at radius 2 is 1.71 bits per heavy atom. The van der Waals surface area contributed by atoms with E-state index < -0.39 is 29.9 Å². The van der Waals surface area contributed by atoms with Crippen molar-refractivity contribution in [2.24, 2.45) is 22.9 Å². The molecule has 1 saturated carbocycles. The Hall–Kier alpha value is -6.35. The van der Waals surface area contributed by atoms with Gasteiger partial charge in [-0.3, -0.25) is 10.2 Å². The zero-order valence-electron chi connectivity index (χ0n) is 39.4. The number of benzene rings is 4. The number of aliphatic hydroxyl groups is 2. The van der Waals surface area contributed by atoms with Crippen molar-refractivity contribution in [3.63, 3.8) is 0 Å². The van der Waals surface area contributed by atoms with Gasteiger partial charge in [0.2, 0.25) is 5.79 Å². The van der Waals surface area contributed by atoms with E-state index >= 15 is 0 Å². The number of hydrogen-bond donors (Lipinski definition) is 3. The van der Waals surface area contributed by atoms with E-state index in [1.165, 1.54) is 7.11 Å². The molecule has 0 saturated heterocycles. The summed E-state index contributed by atoms with van der Waals surface area (Å²) in [4.78, 5) is 36.2. The fourth-order valence-corrected chi connectivity index (χ4v) is 10.2. The molecule has 7 rings (SSSR count). The molecule has 4 aromatic carbocycles. The second kappa shape index (κ2) is 23.6. The summed E-state index contributed by atoms with van der Waals surface area (Å²) in [6.07, 6.45) is 9.26. The highest BCUT2D eigenvalue weighted by Gasteiger charge is 2.65. The zero-order chi connectivity index (χ0) is 48.0. The number of fused-ring (bicyclic) bond motifs is 3. The summed E-state index contributed by atoms with van der Waals surface area (Å²) in [6.45, 7) is 10.5. The second-order valence-corrected chi connectivity index (χ2v) is 17.2. The van der Waals surface area contributed by atoms with Crippen LogP contribution in [0.4, 0.5) is 15.3 Å². The third-order valence-corrected chi connectivity index (χ3v) is 13.2. The summed E-state index contributed by atoms with van der Waals surface area (Å²) in [5.41, 5.74) is 3.62. The third kappa shape index (κ3) is 10.8. The highest BCUT2D eigenvalue weighted by Crippen LogP contribution is 2.62. The Morgan fingerprint density at radius 1 is 0.926 bits per heavy atom. The Morgan fingerprint density at radius 3 is 2.46 bits per heavy atom. The first-order valence-corrected chi connectivity index (χ1v) is 23.7. The van der Waals surface area contributed by atoms with Crippen molar-refractivity contribution in [2.45, 2.75) is 82.6 Å². The van der Waals surface area contributed by atoms with E-state index in [1.807, 2.05) is 55.5 Å². The molecule has 0 aromatic heterocycles. The van der Waals surface area contributed by atoms with Crippen LogP contribution in [0.25, 0.3) is 10.8 Å². The van der Waals surface area contributed by atoms with Crippen molar-refractivity contribution in [3.8, 4) is 23.0 Å². The molecular weight excluding hydrogens is 867 g/mol. The van der Waals surface area contributed by atoms with Crippen LogP contribution in [0, 0.1) is 17.8 Å². The van der Waals surface area contributed by atoms with Crippen LogP contribution >= 0.6 is 0 Å². The van der Waals surface area contributed by atoms with Gasteiger partial charge in [-0.1, -0.05) is 78.7 Å². The number of amides is 2. The fourth-order valence-electron chi connectivity index (χ4n) is 10.2. The third-order valence-electron chi connectivity index (χ3n) is 13.2. The number of hydrogen-bond acceptors (Lipinski definition) is 12. The molecule has 3 N–H and O–H groups in total. The number of carbonyl (C=O) groups is 2. The Bertz CT molecular complexity index is 2450.